The first-order chi connectivity index (χ1) is 13.3. The lowest BCUT2D eigenvalue weighted by atomic mass is 9.92. The third kappa shape index (κ3) is 3.93. The molecule has 0 bridgehead atoms. The van der Waals surface area contributed by atoms with E-state index in [9.17, 15) is 4.79 Å². The van der Waals surface area contributed by atoms with E-state index < -0.39 is 0 Å². The van der Waals surface area contributed by atoms with E-state index in [0.717, 1.165) is 45.4 Å². The minimum absolute atomic E-state index is 0.0806. The monoisotopic (exact) mass is 366 g/mol. The number of rotatable bonds is 5. The molecule has 2 aromatic rings. The van der Waals surface area contributed by atoms with Crippen LogP contribution in [0.15, 0.2) is 36.7 Å². The Morgan fingerprint density at radius 2 is 2.00 bits per heavy atom. The zero-order valence-electron chi connectivity index (χ0n) is 16.2. The van der Waals surface area contributed by atoms with Gasteiger partial charge < -0.3 is 14.8 Å². The van der Waals surface area contributed by atoms with Crippen LogP contribution in [-0.4, -0.2) is 39.5 Å². The molecule has 1 atom stereocenters. The molecule has 2 aliphatic heterocycles. The SMILES string of the molecule is CCCCn1ccnc1C1CCN(C(=O)[C@H]2Cc3ccccc3CN2)CC1. The number of aromatic nitrogens is 2. The number of amides is 1. The molecule has 1 aromatic heterocycles. The van der Waals surface area contributed by atoms with Gasteiger partial charge in [0.15, 0.2) is 0 Å². The van der Waals surface area contributed by atoms with E-state index in [2.05, 4.69) is 57.2 Å². The maximum Gasteiger partial charge on any atom is 0.240 e. The number of carbonyl (C=O) groups is 1. The zero-order valence-corrected chi connectivity index (χ0v) is 16.2. The number of piperidine rings is 1. The van der Waals surface area contributed by atoms with Gasteiger partial charge in [-0.3, -0.25) is 4.79 Å². The predicted molar refractivity (Wildman–Crippen MR) is 106 cm³/mol. The van der Waals surface area contributed by atoms with Crippen LogP contribution in [0.1, 0.15) is 55.5 Å². The van der Waals surface area contributed by atoms with Crippen LogP contribution in [-0.2, 0) is 24.3 Å². The molecule has 1 aromatic carbocycles. The second kappa shape index (κ2) is 8.26. The highest BCUT2D eigenvalue weighted by Crippen LogP contribution is 2.28. The molecule has 1 N–H and O–H groups in total. The third-order valence-electron chi connectivity index (χ3n) is 6.05. The van der Waals surface area contributed by atoms with Gasteiger partial charge >= 0.3 is 0 Å². The molecule has 5 nitrogen and oxygen atoms in total. The molecule has 0 saturated carbocycles. The Morgan fingerprint density at radius 3 is 2.78 bits per heavy atom. The second-order valence-corrected chi connectivity index (χ2v) is 7.84. The lowest BCUT2D eigenvalue weighted by Crippen LogP contribution is -2.51. The molecule has 0 spiro atoms. The summed E-state index contributed by atoms with van der Waals surface area (Å²) in [7, 11) is 0. The van der Waals surface area contributed by atoms with Crippen LogP contribution < -0.4 is 5.32 Å². The number of nitrogens with zero attached hydrogens (tertiary/aromatic N) is 3. The Kier molecular flexibility index (Phi) is 5.58. The smallest absolute Gasteiger partial charge is 0.240 e. The molecular weight excluding hydrogens is 336 g/mol. The summed E-state index contributed by atoms with van der Waals surface area (Å²) in [5, 5.41) is 3.44. The molecule has 4 rings (SSSR count). The van der Waals surface area contributed by atoms with Gasteiger partial charge in [-0.05, 0) is 36.8 Å². The van der Waals surface area contributed by atoms with Gasteiger partial charge in [0.25, 0.3) is 0 Å². The van der Waals surface area contributed by atoms with Crippen molar-refractivity contribution >= 4 is 5.91 Å². The van der Waals surface area contributed by atoms with E-state index in [4.69, 9.17) is 0 Å². The number of aryl methyl sites for hydroxylation is 1. The first-order valence-electron chi connectivity index (χ1n) is 10.4. The van der Waals surface area contributed by atoms with Crippen molar-refractivity contribution in [2.45, 2.75) is 64.1 Å². The topological polar surface area (TPSA) is 50.2 Å². The highest BCUT2D eigenvalue weighted by Gasteiger charge is 2.31. The average molecular weight is 367 g/mol. The Hall–Kier alpha value is -2.14. The maximum absolute atomic E-state index is 13.0. The van der Waals surface area contributed by atoms with Gasteiger partial charge in [0.2, 0.25) is 5.91 Å². The summed E-state index contributed by atoms with van der Waals surface area (Å²) in [6.45, 7) is 5.74. The minimum Gasteiger partial charge on any atom is -0.341 e. The van der Waals surface area contributed by atoms with Crippen LogP contribution in [0.25, 0.3) is 0 Å². The lowest BCUT2D eigenvalue weighted by Gasteiger charge is -2.35. The largest absolute Gasteiger partial charge is 0.341 e. The normalized spacial score (nSPS) is 20.5. The summed E-state index contributed by atoms with van der Waals surface area (Å²) < 4.78 is 2.31. The minimum atomic E-state index is -0.0806. The number of nitrogens with one attached hydrogen (secondary N) is 1. The van der Waals surface area contributed by atoms with Crippen LogP contribution in [0, 0.1) is 0 Å². The molecule has 3 heterocycles. The molecule has 27 heavy (non-hydrogen) atoms. The first-order valence-corrected chi connectivity index (χ1v) is 10.4. The second-order valence-electron chi connectivity index (χ2n) is 7.84. The number of likely N-dealkylation sites (tertiary alicyclic amines) is 1. The van der Waals surface area contributed by atoms with Crippen LogP contribution in [0.4, 0.5) is 0 Å². The van der Waals surface area contributed by atoms with E-state index in [0.29, 0.717) is 5.92 Å². The number of carbonyl (C=O) groups excluding carboxylic acids is 1. The number of hydrogen-bond donors (Lipinski definition) is 1. The van der Waals surface area contributed by atoms with Crippen molar-refractivity contribution in [2.24, 2.45) is 0 Å². The summed E-state index contributed by atoms with van der Waals surface area (Å²) in [6.07, 6.45) is 9.24. The van der Waals surface area contributed by atoms with Gasteiger partial charge in [-0.25, -0.2) is 4.98 Å². The van der Waals surface area contributed by atoms with Gasteiger partial charge in [-0.1, -0.05) is 37.6 Å². The van der Waals surface area contributed by atoms with Crippen molar-refractivity contribution in [1.82, 2.24) is 19.8 Å². The number of hydrogen-bond acceptors (Lipinski definition) is 3. The average Bonchev–Trinajstić information content (AvgIpc) is 3.20. The highest BCUT2D eigenvalue weighted by atomic mass is 16.2. The molecule has 1 saturated heterocycles. The summed E-state index contributed by atoms with van der Waals surface area (Å²) in [6, 6.07) is 8.35. The van der Waals surface area contributed by atoms with E-state index in [1.807, 2.05) is 6.20 Å². The summed E-state index contributed by atoms with van der Waals surface area (Å²) >= 11 is 0. The molecule has 0 unspecified atom stereocenters. The molecule has 2 aliphatic rings. The van der Waals surface area contributed by atoms with Crippen molar-refractivity contribution < 1.29 is 4.79 Å². The number of fused-ring (bicyclic) bond motifs is 1. The predicted octanol–water partition coefficient (Wildman–Crippen LogP) is 3.10. The molecule has 144 valence electrons. The summed E-state index contributed by atoms with van der Waals surface area (Å²) in [5.41, 5.74) is 2.63. The molecule has 5 heteroatoms. The fraction of sp³-hybridized carbons (Fsp3) is 0.545. The van der Waals surface area contributed by atoms with E-state index in [1.54, 1.807) is 0 Å². The van der Waals surface area contributed by atoms with Crippen LogP contribution in [0.5, 0.6) is 0 Å². The fourth-order valence-electron chi connectivity index (χ4n) is 4.41. The molecule has 0 radical (unpaired) electrons. The van der Waals surface area contributed by atoms with Gasteiger partial charge in [-0.15, -0.1) is 0 Å². The van der Waals surface area contributed by atoms with Gasteiger partial charge in [0.05, 0.1) is 6.04 Å². The molecule has 1 amide bonds. The van der Waals surface area contributed by atoms with E-state index in [-0.39, 0.29) is 11.9 Å². The quantitative estimate of drug-likeness (QED) is 0.885. The number of imidazole rings is 1. The van der Waals surface area contributed by atoms with Crippen molar-refractivity contribution in [1.29, 1.82) is 0 Å². The van der Waals surface area contributed by atoms with E-state index >= 15 is 0 Å². The molecule has 1 fully saturated rings. The van der Waals surface area contributed by atoms with E-state index in [1.165, 1.54) is 29.8 Å². The maximum atomic E-state index is 13.0. The molecular formula is C22H30N4O. The zero-order chi connectivity index (χ0) is 18.6. The van der Waals surface area contributed by atoms with Crippen molar-refractivity contribution in [2.75, 3.05) is 13.1 Å². The Morgan fingerprint density at radius 1 is 1.22 bits per heavy atom. The van der Waals surface area contributed by atoms with Crippen LogP contribution in [0.2, 0.25) is 0 Å². The summed E-state index contributed by atoms with van der Waals surface area (Å²) in [4.78, 5) is 19.7. The van der Waals surface area contributed by atoms with Crippen LogP contribution >= 0.6 is 0 Å². The Labute approximate surface area is 161 Å². The standard InChI is InChI=1S/C22H30N4O/c1-2-3-11-25-14-10-23-21(25)17-8-12-26(13-9-17)22(27)20-15-18-6-4-5-7-19(18)16-24-20/h4-7,10,14,17,20,24H,2-3,8-9,11-13,15-16H2,1H3/t20-/m1/s1. The first kappa shape index (κ1) is 18.2. The fourth-order valence-corrected chi connectivity index (χ4v) is 4.41. The van der Waals surface area contributed by atoms with Crippen LogP contribution in [0.3, 0.4) is 0 Å². The number of unbranched alkanes of at least 4 members (excludes halogenated alkanes) is 1. The Bertz CT molecular complexity index is 776. The highest BCUT2D eigenvalue weighted by molar-refractivity contribution is 5.82. The lowest BCUT2D eigenvalue weighted by molar-refractivity contribution is -0.134. The van der Waals surface area contributed by atoms with Gasteiger partial charge in [0.1, 0.15) is 5.82 Å². The van der Waals surface area contributed by atoms with Crippen molar-refractivity contribution in [3.05, 3.63) is 53.6 Å². The number of benzene rings is 1. The Balaban J connectivity index is 1.34. The van der Waals surface area contributed by atoms with Gasteiger partial charge in [0, 0.05) is 44.5 Å². The molecule has 0 aliphatic carbocycles. The van der Waals surface area contributed by atoms with Gasteiger partial charge in [-0.2, -0.15) is 0 Å². The van der Waals surface area contributed by atoms with Crippen molar-refractivity contribution in [3.8, 4) is 0 Å². The summed E-state index contributed by atoms with van der Waals surface area (Å²) in [5.74, 6) is 1.94. The third-order valence-corrected chi connectivity index (χ3v) is 6.05. The van der Waals surface area contributed by atoms with Crippen molar-refractivity contribution in [3.63, 3.8) is 0 Å².